The maximum absolute atomic E-state index is 12.4. The van der Waals surface area contributed by atoms with Crippen LogP contribution in [0.2, 0.25) is 0 Å². The van der Waals surface area contributed by atoms with E-state index in [-0.39, 0.29) is 5.91 Å². The number of carbonyl (C=O) groups excluding carboxylic acids is 1. The van der Waals surface area contributed by atoms with E-state index in [9.17, 15) is 4.79 Å². The first kappa shape index (κ1) is 22.9. The van der Waals surface area contributed by atoms with Crippen molar-refractivity contribution in [1.29, 1.82) is 0 Å². The largest absolute Gasteiger partial charge is 0.378 e. The highest BCUT2D eigenvalue weighted by Crippen LogP contribution is 2.20. The number of hydrogen-bond donors (Lipinski definition) is 1. The second-order valence-corrected chi connectivity index (χ2v) is 9.04. The molecule has 1 aliphatic heterocycles. The van der Waals surface area contributed by atoms with E-state index in [1.807, 2.05) is 31.2 Å². The van der Waals surface area contributed by atoms with E-state index in [2.05, 4.69) is 82.6 Å². The van der Waals surface area contributed by atoms with Gasteiger partial charge in [0.2, 0.25) is 0 Å². The molecule has 1 fully saturated rings. The summed E-state index contributed by atoms with van der Waals surface area (Å²) in [5.41, 5.74) is 6.80. The summed E-state index contributed by atoms with van der Waals surface area (Å²) in [6.45, 7) is 7.66. The smallest absolute Gasteiger partial charge is 0.251 e. The molecular weight excluding hydrogens is 408 g/mol. The summed E-state index contributed by atoms with van der Waals surface area (Å²) in [6, 6.07) is 25.0. The van der Waals surface area contributed by atoms with Crippen LogP contribution in [0.15, 0.2) is 72.8 Å². The molecule has 0 atom stereocenters. The number of aryl methyl sites for hydroxylation is 1. The zero-order chi connectivity index (χ0) is 23.2. The van der Waals surface area contributed by atoms with Gasteiger partial charge in [0.25, 0.3) is 5.91 Å². The van der Waals surface area contributed by atoms with E-state index < -0.39 is 0 Å². The Bertz CT molecular complexity index is 1050. The van der Waals surface area contributed by atoms with E-state index in [0.29, 0.717) is 12.1 Å². The fourth-order valence-electron chi connectivity index (χ4n) is 4.17. The maximum Gasteiger partial charge on any atom is 0.251 e. The van der Waals surface area contributed by atoms with Crippen molar-refractivity contribution in [2.45, 2.75) is 20.0 Å². The van der Waals surface area contributed by atoms with Crippen LogP contribution in [0.3, 0.4) is 0 Å². The quantitative estimate of drug-likeness (QED) is 0.592. The number of anilines is 2. The Kier molecular flexibility index (Phi) is 7.30. The first-order valence-electron chi connectivity index (χ1n) is 11.7. The molecule has 1 saturated heterocycles. The van der Waals surface area contributed by atoms with Crippen LogP contribution in [0.5, 0.6) is 0 Å². The molecular formula is C28H34N4O. The van der Waals surface area contributed by atoms with E-state index in [4.69, 9.17) is 0 Å². The fourth-order valence-corrected chi connectivity index (χ4v) is 4.17. The van der Waals surface area contributed by atoms with Crippen LogP contribution in [0, 0.1) is 6.92 Å². The molecule has 0 radical (unpaired) electrons. The molecule has 172 valence electrons. The molecule has 0 saturated carbocycles. The SMILES string of the molecule is Cc1ccc(C(=O)NCc2cccc(N3CCN(Cc4ccc(N(C)C)cc4)CC3)c2)cc1. The van der Waals surface area contributed by atoms with E-state index >= 15 is 0 Å². The Morgan fingerprint density at radius 1 is 0.879 bits per heavy atom. The summed E-state index contributed by atoms with van der Waals surface area (Å²) >= 11 is 0. The lowest BCUT2D eigenvalue weighted by atomic mass is 10.1. The molecule has 3 aromatic rings. The fraction of sp³-hybridized carbons (Fsp3) is 0.321. The Labute approximate surface area is 197 Å². The molecule has 1 amide bonds. The summed E-state index contributed by atoms with van der Waals surface area (Å²) in [5.74, 6) is -0.0346. The van der Waals surface area contributed by atoms with Crippen LogP contribution < -0.4 is 15.1 Å². The molecule has 0 spiro atoms. The Balaban J connectivity index is 1.28. The number of amides is 1. The van der Waals surface area contributed by atoms with Gasteiger partial charge < -0.3 is 15.1 Å². The van der Waals surface area contributed by atoms with Gasteiger partial charge in [0.15, 0.2) is 0 Å². The molecule has 0 bridgehead atoms. The van der Waals surface area contributed by atoms with Crippen LogP contribution in [0.4, 0.5) is 11.4 Å². The first-order chi connectivity index (χ1) is 16.0. The average Bonchev–Trinajstić information content (AvgIpc) is 2.84. The highest BCUT2D eigenvalue weighted by atomic mass is 16.1. The number of nitrogens with one attached hydrogen (secondary N) is 1. The number of piperazine rings is 1. The molecule has 0 aromatic heterocycles. The third-order valence-electron chi connectivity index (χ3n) is 6.27. The van der Waals surface area contributed by atoms with Crippen molar-refractivity contribution >= 4 is 17.3 Å². The van der Waals surface area contributed by atoms with Crippen molar-refractivity contribution < 1.29 is 4.79 Å². The first-order valence-corrected chi connectivity index (χ1v) is 11.7. The molecule has 1 heterocycles. The summed E-state index contributed by atoms with van der Waals surface area (Å²) in [7, 11) is 4.14. The molecule has 1 N–H and O–H groups in total. The van der Waals surface area contributed by atoms with Gasteiger partial charge in [0, 0.05) is 70.3 Å². The van der Waals surface area contributed by atoms with Gasteiger partial charge in [0.1, 0.15) is 0 Å². The molecule has 0 unspecified atom stereocenters. The molecule has 4 rings (SSSR count). The lowest BCUT2D eigenvalue weighted by Gasteiger charge is -2.36. The van der Waals surface area contributed by atoms with Crippen molar-refractivity contribution in [2.24, 2.45) is 0 Å². The van der Waals surface area contributed by atoms with Crippen LogP contribution in [0.1, 0.15) is 27.0 Å². The highest BCUT2D eigenvalue weighted by Gasteiger charge is 2.18. The van der Waals surface area contributed by atoms with Gasteiger partial charge in [-0.3, -0.25) is 9.69 Å². The van der Waals surface area contributed by atoms with Crippen molar-refractivity contribution in [3.8, 4) is 0 Å². The summed E-state index contributed by atoms with van der Waals surface area (Å²) < 4.78 is 0. The number of nitrogens with zero attached hydrogens (tertiary/aromatic N) is 3. The standard InChI is InChI=1S/C28H34N4O/c1-22-7-11-25(12-8-22)28(33)29-20-24-5-4-6-27(19-24)32-17-15-31(16-18-32)21-23-9-13-26(14-10-23)30(2)3/h4-14,19H,15-18,20-21H2,1-3H3,(H,29,33). The Hall–Kier alpha value is -3.31. The van der Waals surface area contributed by atoms with Crippen molar-refractivity contribution in [3.05, 3.63) is 95.1 Å². The maximum atomic E-state index is 12.4. The van der Waals surface area contributed by atoms with Gasteiger partial charge >= 0.3 is 0 Å². The minimum atomic E-state index is -0.0346. The molecule has 0 aliphatic carbocycles. The van der Waals surface area contributed by atoms with E-state index in [1.54, 1.807) is 0 Å². The molecule has 33 heavy (non-hydrogen) atoms. The van der Waals surface area contributed by atoms with Gasteiger partial charge in [-0.2, -0.15) is 0 Å². The monoisotopic (exact) mass is 442 g/mol. The minimum absolute atomic E-state index is 0.0346. The third-order valence-corrected chi connectivity index (χ3v) is 6.27. The average molecular weight is 443 g/mol. The van der Waals surface area contributed by atoms with Crippen molar-refractivity contribution in [1.82, 2.24) is 10.2 Å². The molecule has 3 aromatic carbocycles. The number of rotatable bonds is 7. The van der Waals surface area contributed by atoms with Crippen LogP contribution >= 0.6 is 0 Å². The molecule has 1 aliphatic rings. The van der Waals surface area contributed by atoms with Crippen LogP contribution in [-0.4, -0.2) is 51.1 Å². The summed E-state index contributed by atoms with van der Waals surface area (Å²) in [5, 5.41) is 3.04. The Morgan fingerprint density at radius 3 is 2.24 bits per heavy atom. The number of hydrogen-bond acceptors (Lipinski definition) is 4. The van der Waals surface area contributed by atoms with Crippen LogP contribution in [-0.2, 0) is 13.1 Å². The lowest BCUT2D eigenvalue weighted by molar-refractivity contribution is 0.0951. The number of benzene rings is 3. The topological polar surface area (TPSA) is 38.8 Å². The normalized spacial score (nSPS) is 14.2. The predicted molar refractivity (Wildman–Crippen MR) is 137 cm³/mol. The second-order valence-electron chi connectivity index (χ2n) is 9.04. The second kappa shape index (κ2) is 10.5. The lowest BCUT2D eigenvalue weighted by Crippen LogP contribution is -2.46. The van der Waals surface area contributed by atoms with E-state index in [0.717, 1.165) is 43.9 Å². The summed E-state index contributed by atoms with van der Waals surface area (Å²) in [6.07, 6.45) is 0. The zero-order valence-corrected chi connectivity index (χ0v) is 19.9. The van der Waals surface area contributed by atoms with Crippen molar-refractivity contribution in [2.75, 3.05) is 50.1 Å². The van der Waals surface area contributed by atoms with Gasteiger partial charge in [-0.25, -0.2) is 0 Å². The predicted octanol–water partition coefficient (Wildman–Crippen LogP) is 4.31. The van der Waals surface area contributed by atoms with E-state index in [1.165, 1.54) is 16.9 Å². The van der Waals surface area contributed by atoms with Gasteiger partial charge in [-0.05, 0) is 54.4 Å². The van der Waals surface area contributed by atoms with Crippen LogP contribution in [0.25, 0.3) is 0 Å². The Morgan fingerprint density at radius 2 is 1.58 bits per heavy atom. The highest BCUT2D eigenvalue weighted by molar-refractivity contribution is 5.94. The molecule has 5 heteroatoms. The molecule has 5 nitrogen and oxygen atoms in total. The van der Waals surface area contributed by atoms with Gasteiger partial charge in [0.05, 0.1) is 0 Å². The zero-order valence-electron chi connectivity index (χ0n) is 19.9. The van der Waals surface area contributed by atoms with Gasteiger partial charge in [-0.1, -0.05) is 42.0 Å². The van der Waals surface area contributed by atoms with Gasteiger partial charge in [-0.15, -0.1) is 0 Å². The minimum Gasteiger partial charge on any atom is -0.378 e. The third kappa shape index (κ3) is 6.14. The number of carbonyl (C=O) groups is 1. The van der Waals surface area contributed by atoms with Crippen molar-refractivity contribution in [3.63, 3.8) is 0 Å². The summed E-state index contributed by atoms with van der Waals surface area (Å²) in [4.78, 5) is 19.5.